The number of halogens is 2. The Kier molecular flexibility index (Phi) is 9.93. The van der Waals surface area contributed by atoms with E-state index >= 15 is 0 Å². The molecule has 0 radical (unpaired) electrons. The standard InChI is InChI=1S/C28H31ClFN3O5S/c1-19(2)31-28(35)20(3)32(17-21-8-5-6-11-26(21)30)27(34)18-33(23-10-7-9-22(29)16-23)39(36,37)25-14-12-24(38-4)13-15-25/h5-16,19-20H,17-18H2,1-4H3,(H,31,35)/t20-/m0/s1. The number of nitrogens with zero attached hydrogens (tertiary/aromatic N) is 2. The summed E-state index contributed by atoms with van der Waals surface area (Å²) in [6.07, 6.45) is 0. The van der Waals surface area contributed by atoms with Crippen LogP contribution in [0, 0.1) is 5.82 Å². The van der Waals surface area contributed by atoms with Gasteiger partial charge in [0.05, 0.1) is 17.7 Å². The molecule has 1 atom stereocenters. The van der Waals surface area contributed by atoms with E-state index in [-0.39, 0.29) is 33.8 Å². The van der Waals surface area contributed by atoms with E-state index in [1.165, 1.54) is 68.6 Å². The third-order valence-corrected chi connectivity index (χ3v) is 7.94. The minimum atomic E-state index is -4.27. The predicted molar refractivity (Wildman–Crippen MR) is 149 cm³/mol. The van der Waals surface area contributed by atoms with Crippen LogP contribution < -0.4 is 14.4 Å². The van der Waals surface area contributed by atoms with Crippen molar-refractivity contribution >= 4 is 39.1 Å². The maximum absolute atomic E-state index is 14.6. The van der Waals surface area contributed by atoms with Crippen LogP contribution in [0.4, 0.5) is 10.1 Å². The van der Waals surface area contributed by atoms with Crippen molar-refractivity contribution in [1.82, 2.24) is 10.2 Å². The molecule has 0 aliphatic rings. The lowest BCUT2D eigenvalue weighted by Crippen LogP contribution is -2.52. The molecule has 208 valence electrons. The molecule has 0 aliphatic carbocycles. The van der Waals surface area contributed by atoms with Crippen LogP contribution in [0.1, 0.15) is 26.3 Å². The van der Waals surface area contributed by atoms with E-state index in [2.05, 4.69) is 5.32 Å². The van der Waals surface area contributed by atoms with Crippen LogP contribution >= 0.6 is 11.6 Å². The maximum Gasteiger partial charge on any atom is 0.264 e. The number of hydrogen-bond acceptors (Lipinski definition) is 5. The van der Waals surface area contributed by atoms with Gasteiger partial charge >= 0.3 is 0 Å². The average molecular weight is 576 g/mol. The Balaban J connectivity index is 2.04. The van der Waals surface area contributed by atoms with Gasteiger partial charge in [-0.15, -0.1) is 0 Å². The smallest absolute Gasteiger partial charge is 0.264 e. The Hall–Kier alpha value is -3.63. The first-order valence-electron chi connectivity index (χ1n) is 12.2. The molecular formula is C28H31ClFN3O5S. The van der Waals surface area contributed by atoms with E-state index < -0.39 is 40.2 Å². The lowest BCUT2D eigenvalue weighted by molar-refractivity contribution is -0.139. The highest BCUT2D eigenvalue weighted by molar-refractivity contribution is 7.92. The zero-order valence-corrected chi connectivity index (χ0v) is 23.7. The average Bonchev–Trinajstić information content (AvgIpc) is 2.90. The fraction of sp³-hybridized carbons (Fsp3) is 0.286. The number of anilines is 1. The molecule has 0 unspecified atom stereocenters. The van der Waals surface area contributed by atoms with Gasteiger partial charge in [-0.1, -0.05) is 35.9 Å². The molecule has 0 aromatic heterocycles. The van der Waals surface area contributed by atoms with Crippen molar-refractivity contribution < 1.29 is 27.1 Å². The monoisotopic (exact) mass is 575 g/mol. The lowest BCUT2D eigenvalue weighted by atomic mass is 10.1. The predicted octanol–water partition coefficient (Wildman–Crippen LogP) is 4.62. The van der Waals surface area contributed by atoms with Gasteiger partial charge in [0.15, 0.2) is 0 Å². The number of hydrogen-bond donors (Lipinski definition) is 1. The van der Waals surface area contributed by atoms with Gasteiger partial charge in [0.25, 0.3) is 10.0 Å². The van der Waals surface area contributed by atoms with Crippen LogP contribution in [0.5, 0.6) is 5.75 Å². The Morgan fingerprint density at radius 2 is 1.67 bits per heavy atom. The molecule has 3 aromatic carbocycles. The van der Waals surface area contributed by atoms with Crippen molar-refractivity contribution in [2.75, 3.05) is 18.0 Å². The molecule has 3 rings (SSSR count). The van der Waals surface area contributed by atoms with Crippen LogP contribution in [0.3, 0.4) is 0 Å². The number of methoxy groups -OCH3 is 1. The zero-order valence-electron chi connectivity index (χ0n) is 22.1. The van der Waals surface area contributed by atoms with Crippen molar-refractivity contribution in [1.29, 1.82) is 0 Å². The van der Waals surface area contributed by atoms with E-state index in [1.807, 2.05) is 0 Å². The number of nitrogens with one attached hydrogen (secondary N) is 1. The maximum atomic E-state index is 14.6. The van der Waals surface area contributed by atoms with E-state index in [0.29, 0.717) is 5.75 Å². The van der Waals surface area contributed by atoms with Gasteiger partial charge in [0, 0.05) is 23.2 Å². The second-order valence-electron chi connectivity index (χ2n) is 9.12. The first-order chi connectivity index (χ1) is 18.4. The Bertz CT molecular complexity index is 1420. The summed E-state index contributed by atoms with van der Waals surface area (Å²) in [5.41, 5.74) is 0.333. The van der Waals surface area contributed by atoms with Crippen LogP contribution in [0.15, 0.2) is 77.7 Å². The zero-order chi connectivity index (χ0) is 28.7. The molecular weight excluding hydrogens is 545 g/mol. The normalized spacial score (nSPS) is 12.1. The Morgan fingerprint density at radius 3 is 2.26 bits per heavy atom. The summed E-state index contributed by atoms with van der Waals surface area (Å²) in [5, 5.41) is 3.02. The van der Waals surface area contributed by atoms with Gasteiger partial charge in [0.1, 0.15) is 24.2 Å². The minimum Gasteiger partial charge on any atom is -0.497 e. The van der Waals surface area contributed by atoms with Crippen molar-refractivity contribution in [3.05, 3.63) is 89.2 Å². The summed E-state index contributed by atoms with van der Waals surface area (Å²) >= 11 is 6.16. The summed E-state index contributed by atoms with van der Waals surface area (Å²) in [6, 6.07) is 16.5. The first kappa shape index (κ1) is 29.9. The number of carbonyl (C=O) groups excluding carboxylic acids is 2. The van der Waals surface area contributed by atoms with Crippen molar-refractivity contribution in [3.8, 4) is 5.75 Å². The minimum absolute atomic E-state index is 0.0812. The lowest BCUT2D eigenvalue weighted by Gasteiger charge is -2.32. The van der Waals surface area contributed by atoms with Gasteiger partial charge in [-0.2, -0.15) is 0 Å². The molecule has 8 nitrogen and oxygen atoms in total. The SMILES string of the molecule is COc1ccc(S(=O)(=O)N(CC(=O)N(Cc2ccccc2F)[C@@H](C)C(=O)NC(C)C)c2cccc(Cl)c2)cc1. The largest absolute Gasteiger partial charge is 0.497 e. The summed E-state index contributed by atoms with van der Waals surface area (Å²) in [4.78, 5) is 27.8. The molecule has 0 fully saturated rings. The number of carbonyl (C=O) groups is 2. The van der Waals surface area contributed by atoms with E-state index in [4.69, 9.17) is 16.3 Å². The molecule has 0 saturated carbocycles. The topological polar surface area (TPSA) is 96.0 Å². The van der Waals surface area contributed by atoms with Crippen LogP contribution in [-0.4, -0.2) is 50.9 Å². The molecule has 2 amide bonds. The molecule has 1 N–H and O–H groups in total. The highest BCUT2D eigenvalue weighted by Crippen LogP contribution is 2.28. The summed E-state index contributed by atoms with van der Waals surface area (Å²) in [5.74, 6) is -1.26. The molecule has 0 saturated heterocycles. The van der Waals surface area contributed by atoms with Gasteiger partial charge < -0.3 is 15.0 Å². The van der Waals surface area contributed by atoms with Gasteiger partial charge in [0.2, 0.25) is 11.8 Å². The van der Waals surface area contributed by atoms with Crippen LogP contribution in [-0.2, 0) is 26.2 Å². The number of rotatable bonds is 11. The van der Waals surface area contributed by atoms with Gasteiger partial charge in [-0.3, -0.25) is 13.9 Å². The van der Waals surface area contributed by atoms with Crippen molar-refractivity contribution in [2.24, 2.45) is 0 Å². The second-order valence-corrected chi connectivity index (χ2v) is 11.4. The quantitative estimate of drug-likeness (QED) is 0.360. The third kappa shape index (κ3) is 7.48. The van der Waals surface area contributed by atoms with E-state index in [9.17, 15) is 22.4 Å². The second kappa shape index (κ2) is 12.9. The molecule has 3 aromatic rings. The van der Waals surface area contributed by atoms with Crippen LogP contribution in [0.25, 0.3) is 0 Å². The molecule has 0 bridgehead atoms. The van der Waals surface area contributed by atoms with Crippen LogP contribution in [0.2, 0.25) is 5.02 Å². The number of sulfonamides is 1. The van der Waals surface area contributed by atoms with Crippen molar-refractivity contribution in [3.63, 3.8) is 0 Å². The number of amides is 2. The van der Waals surface area contributed by atoms with Crippen molar-refractivity contribution in [2.45, 2.75) is 44.3 Å². The summed E-state index contributed by atoms with van der Waals surface area (Å²) < 4.78 is 48.2. The number of ether oxygens (including phenoxy) is 1. The van der Waals surface area contributed by atoms with Gasteiger partial charge in [-0.05, 0) is 69.3 Å². The third-order valence-electron chi connectivity index (χ3n) is 5.92. The number of benzene rings is 3. The molecule has 0 aliphatic heterocycles. The highest BCUT2D eigenvalue weighted by Gasteiger charge is 2.33. The Labute approximate surface area is 233 Å². The van der Waals surface area contributed by atoms with E-state index in [0.717, 1.165) is 9.21 Å². The highest BCUT2D eigenvalue weighted by atomic mass is 35.5. The fourth-order valence-electron chi connectivity index (χ4n) is 3.83. The fourth-order valence-corrected chi connectivity index (χ4v) is 5.42. The molecule has 0 spiro atoms. The molecule has 39 heavy (non-hydrogen) atoms. The molecule has 0 heterocycles. The summed E-state index contributed by atoms with van der Waals surface area (Å²) in [7, 11) is -2.81. The first-order valence-corrected chi connectivity index (χ1v) is 14.0. The molecule has 11 heteroatoms. The Morgan fingerprint density at radius 1 is 1.00 bits per heavy atom. The summed E-state index contributed by atoms with van der Waals surface area (Å²) in [6.45, 7) is 4.15. The van der Waals surface area contributed by atoms with E-state index in [1.54, 1.807) is 32.0 Å². The van der Waals surface area contributed by atoms with Gasteiger partial charge in [-0.25, -0.2) is 12.8 Å².